The second-order valence-corrected chi connectivity index (χ2v) is 2.86. The van der Waals surface area contributed by atoms with Crippen LogP contribution in [0, 0.1) is 5.92 Å². The van der Waals surface area contributed by atoms with E-state index in [-0.39, 0.29) is 0 Å². The van der Waals surface area contributed by atoms with Gasteiger partial charge in [-0.05, 0) is 25.7 Å². The maximum absolute atomic E-state index is 8.59. The van der Waals surface area contributed by atoms with Gasteiger partial charge in [0, 0.05) is 6.61 Å². The van der Waals surface area contributed by atoms with Crippen LogP contribution in [-0.2, 0) is 0 Å². The number of rotatable bonds is 4. The summed E-state index contributed by atoms with van der Waals surface area (Å²) in [7, 11) is 0. The van der Waals surface area contributed by atoms with E-state index in [2.05, 4.69) is 26.8 Å². The summed E-state index contributed by atoms with van der Waals surface area (Å²) in [4.78, 5) is 0. The summed E-state index contributed by atoms with van der Waals surface area (Å²) in [6, 6.07) is 0. The Morgan fingerprint density at radius 1 is 1.60 bits per heavy atom. The fourth-order valence-corrected chi connectivity index (χ4v) is 0.891. The first-order valence-electron chi connectivity index (χ1n) is 3.98. The Kier molecular flexibility index (Phi) is 5.32. The topological polar surface area (TPSA) is 20.2 Å². The molecule has 0 heterocycles. The van der Waals surface area contributed by atoms with Gasteiger partial charge in [-0.2, -0.15) is 0 Å². The zero-order valence-corrected chi connectivity index (χ0v) is 7.22. The van der Waals surface area contributed by atoms with E-state index in [9.17, 15) is 0 Å². The Bertz CT molecular complexity index is 105. The Labute approximate surface area is 63.8 Å². The lowest BCUT2D eigenvalue weighted by molar-refractivity contribution is 0.274. The lowest BCUT2D eigenvalue weighted by Crippen LogP contribution is -1.94. The summed E-state index contributed by atoms with van der Waals surface area (Å²) in [5.74, 6) is 0.532. The summed E-state index contributed by atoms with van der Waals surface area (Å²) in [5.41, 5.74) is 1.42. The van der Waals surface area contributed by atoms with E-state index in [1.165, 1.54) is 5.57 Å². The van der Waals surface area contributed by atoms with Gasteiger partial charge in [-0.3, -0.25) is 0 Å². The molecular formula is C9H18O. The molecule has 10 heavy (non-hydrogen) atoms. The van der Waals surface area contributed by atoms with E-state index < -0.39 is 0 Å². The van der Waals surface area contributed by atoms with Gasteiger partial charge in [-0.25, -0.2) is 0 Å². The largest absolute Gasteiger partial charge is 0.396 e. The molecule has 60 valence electrons. The van der Waals surface area contributed by atoms with E-state index in [0.717, 1.165) is 12.8 Å². The average molecular weight is 142 g/mol. The standard InChI is InChI=1S/C9H18O/c1-4-8(2)7-9(3)5-6-10/h7,9-10H,4-6H2,1-3H3. The van der Waals surface area contributed by atoms with E-state index in [1.807, 2.05) is 0 Å². The molecule has 0 amide bonds. The lowest BCUT2D eigenvalue weighted by atomic mass is 10.0. The van der Waals surface area contributed by atoms with E-state index >= 15 is 0 Å². The molecule has 0 aliphatic heterocycles. The summed E-state index contributed by atoms with van der Waals surface area (Å²) in [5, 5.41) is 8.59. The van der Waals surface area contributed by atoms with E-state index in [4.69, 9.17) is 5.11 Å². The Morgan fingerprint density at radius 2 is 2.20 bits per heavy atom. The van der Waals surface area contributed by atoms with Gasteiger partial charge in [0.25, 0.3) is 0 Å². The molecule has 1 atom stereocenters. The predicted molar refractivity (Wildman–Crippen MR) is 44.9 cm³/mol. The summed E-state index contributed by atoms with van der Waals surface area (Å²) in [6.07, 6.45) is 4.24. The molecule has 0 aromatic rings. The molecule has 0 bridgehead atoms. The predicted octanol–water partition coefficient (Wildman–Crippen LogP) is 2.36. The smallest absolute Gasteiger partial charge is 0.0436 e. The minimum atomic E-state index is 0.300. The molecule has 0 fully saturated rings. The molecule has 1 heteroatoms. The number of allylic oxidation sites excluding steroid dienone is 2. The van der Waals surface area contributed by atoms with E-state index in [1.54, 1.807) is 0 Å². The zero-order chi connectivity index (χ0) is 7.98. The molecule has 0 aromatic heterocycles. The van der Waals surface area contributed by atoms with Gasteiger partial charge in [0.2, 0.25) is 0 Å². The molecule has 0 rings (SSSR count). The van der Waals surface area contributed by atoms with Gasteiger partial charge in [-0.1, -0.05) is 25.5 Å². The van der Waals surface area contributed by atoms with Crippen molar-refractivity contribution in [1.82, 2.24) is 0 Å². The molecular weight excluding hydrogens is 124 g/mol. The molecule has 0 saturated heterocycles. The van der Waals surface area contributed by atoms with E-state index in [0.29, 0.717) is 12.5 Å². The molecule has 0 aliphatic rings. The first-order chi connectivity index (χ1) is 4.70. The number of hydrogen-bond acceptors (Lipinski definition) is 1. The van der Waals surface area contributed by atoms with Gasteiger partial charge in [0.1, 0.15) is 0 Å². The second-order valence-electron chi connectivity index (χ2n) is 2.86. The van der Waals surface area contributed by atoms with Crippen LogP contribution in [-0.4, -0.2) is 11.7 Å². The van der Waals surface area contributed by atoms with Crippen LogP contribution in [0.4, 0.5) is 0 Å². The van der Waals surface area contributed by atoms with Crippen molar-refractivity contribution in [2.75, 3.05) is 6.61 Å². The normalized spacial score (nSPS) is 15.4. The van der Waals surface area contributed by atoms with Gasteiger partial charge in [0.05, 0.1) is 0 Å². The van der Waals surface area contributed by atoms with Crippen molar-refractivity contribution in [2.45, 2.75) is 33.6 Å². The quantitative estimate of drug-likeness (QED) is 0.597. The highest BCUT2D eigenvalue weighted by Gasteiger charge is 1.95. The van der Waals surface area contributed by atoms with Crippen LogP contribution in [0.1, 0.15) is 33.6 Å². The lowest BCUT2D eigenvalue weighted by Gasteiger charge is -2.04. The minimum absolute atomic E-state index is 0.300. The minimum Gasteiger partial charge on any atom is -0.396 e. The Hall–Kier alpha value is -0.300. The molecule has 0 saturated carbocycles. The Morgan fingerprint density at radius 3 is 2.60 bits per heavy atom. The van der Waals surface area contributed by atoms with Gasteiger partial charge >= 0.3 is 0 Å². The third-order valence-corrected chi connectivity index (χ3v) is 1.71. The maximum atomic E-state index is 8.59. The van der Waals surface area contributed by atoms with Crippen LogP contribution >= 0.6 is 0 Å². The molecule has 1 nitrogen and oxygen atoms in total. The van der Waals surface area contributed by atoms with Crippen LogP contribution in [0.5, 0.6) is 0 Å². The maximum Gasteiger partial charge on any atom is 0.0436 e. The summed E-state index contributed by atoms with van der Waals surface area (Å²) in [6.45, 7) is 6.72. The van der Waals surface area contributed by atoms with Crippen molar-refractivity contribution in [3.8, 4) is 0 Å². The van der Waals surface area contributed by atoms with Crippen LogP contribution in [0.2, 0.25) is 0 Å². The second kappa shape index (κ2) is 5.48. The number of aliphatic hydroxyl groups is 1. The van der Waals surface area contributed by atoms with Gasteiger partial charge < -0.3 is 5.11 Å². The van der Waals surface area contributed by atoms with Crippen molar-refractivity contribution < 1.29 is 5.11 Å². The highest BCUT2D eigenvalue weighted by molar-refractivity contribution is 4.98. The molecule has 0 aliphatic carbocycles. The van der Waals surface area contributed by atoms with Crippen LogP contribution in [0.3, 0.4) is 0 Å². The highest BCUT2D eigenvalue weighted by atomic mass is 16.2. The Balaban J connectivity index is 3.62. The van der Waals surface area contributed by atoms with Gasteiger partial charge in [-0.15, -0.1) is 0 Å². The molecule has 1 unspecified atom stereocenters. The molecule has 0 aromatic carbocycles. The average Bonchev–Trinajstić information content (AvgIpc) is 1.88. The van der Waals surface area contributed by atoms with Gasteiger partial charge in [0.15, 0.2) is 0 Å². The monoisotopic (exact) mass is 142 g/mol. The third kappa shape index (κ3) is 4.57. The third-order valence-electron chi connectivity index (χ3n) is 1.71. The SMILES string of the molecule is CCC(C)=CC(C)CCO. The van der Waals surface area contributed by atoms with Crippen molar-refractivity contribution in [3.63, 3.8) is 0 Å². The molecule has 0 radical (unpaired) electrons. The number of aliphatic hydroxyl groups excluding tert-OH is 1. The van der Waals surface area contributed by atoms with Crippen molar-refractivity contribution in [3.05, 3.63) is 11.6 Å². The van der Waals surface area contributed by atoms with Crippen molar-refractivity contribution in [1.29, 1.82) is 0 Å². The van der Waals surface area contributed by atoms with Crippen molar-refractivity contribution >= 4 is 0 Å². The zero-order valence-electron chi connectivity index (χ0n) is 7.22. The fourth-order valence-electron chi connectivity index (χ4n) is 0.891. The van der Waals surface area contributed by atoms with Crippen molar-refractivity contribution in [2.24, 2.45) is 5.92 Å². The van der Waals surface area contributed by atoms with Crippen LogP contribution in [0.25, 0.3) is 0 Å². The molecule has 1 N–H and O–H groups in total. The first kappa shape index (κ1) is 9.70. The summed E-state index contributed by atoms with van der Waals surface area (Å²) < 4.78 is 0. The van der Waals surface area contributed by atoms with Crippen LogP contribution in [0.15, 0.2) is 11.6 Å². The molecule has 0 spiro atoms. The highest BCUT2D eigenvalue weighted by Crippen LogP contribution is 2.08. The summed E-state index contributed by atoms with van der Waals surface area (Å²) >= 11 is 0. The number of hydrogen-bond donors (Lipinski definition) is 1. The first-order valence-corrected chi connectivity index (χ1v) is 3.98. The van der Waals surface area contributed by atoms with Crippen LogP contribution < -0.4 is 0 Å². The fraction of sp³-hybridized carbons (Fsp3) is 0.778.